The SMILES string of the molecule is O=C1OC(Nc2ccccc2C(F)(F)F)(C(F)(F)F)N2CCC[C@H]12. The molecule has 2 atom stereocenters. The monoisotopic (exact) mass is 354 g/mol. The van der Waals surface area contributed by atoms with E-state index in [9.17, 15) is 31.1 Å². The van der Waals surface area contributed by atoms with Crippen LogP contribution in [-0.4, -0.2) is 35.5 Å². The van der Waals surface area contributed by atoms with Gasteiger partial charge >= 0.3 is 24.2 Å². The van der Waals surface area contributed by atoms with Gasteiger partial charge in [0.25, 0.3) is 0 Å². The third-order valence-electron chi connectivity index (χ3n) is 4.10. The quantitative estimate of drug-likeness (QED) is 0.653. The summed E-state index contributed by atoms with van der Waals surface area (Å²) in [7, 11) is 0. The van der Waals surface area contributed by atoms with Gasteiger partial charge in [0.1, 0.15) is 6.04 Å². The number of carbonyl (C=O) groups excluding carboxylic acids is 1. The zero-order valence-electron chi connectivity index (χ0n) is 12.0. The first-order valence-corrected chi connectivity index (χ1v) is 7.07. The highest BCUT2D eigenvalue weighted by Gasteiger charge is 2.70. The molecule has 24 heavy (non-hydrogen) atoms. The molecule has 10 heteroatoms. The van der Waals surface area contributed by atoms with E-state index in [0.717, 1.165) is 17.0 Å². The molecule has 2 fully saturated rings. The number of anilines is 1. The maximum atomic E-state index is 13.7. The summed E-state index contributed by atoms with van der Waals surface area (Å²) in [6.45, 7) is -0.114. The van der Waals surface area contributed by atoms with E-state index in [2.05, 4.69) is 4.74 Å². The van der Waals surface area contributed by atoms with Gasteiger partial charge in [-0.1, -0.05) is 12.1 Å². The second-order valence-corrected chi connectivity index (χ2v) is 5.58. The molecule has 1 unspecified atom stereocenters. The first kappa shape index (κ1) is 16.9. The minimum atomic E-state index is -5.12. The number of cyclic esters (lactones) is 1. The average molecular weight is 354 g/mol. The van der Waals surface area contributed by atoms with E-state index in [-0.39, 0.29) is 13.0 Å². The van der Waals surface area contributed by atoms with Crippen molar-refractivity contribution in [2.45, 2.75) is 37.1 Å². The van der Waals surface area contributed by atoms with Crippen LogP contribution in [0.5, 0.6) is 0 Å². The van der Waals surface area contributed by atoms with Crippen LogP contribution in [0.2, 0.25) is 0 Å². The van der Waals surface area contributed by atoms with Gasteiger partial charge in [0, 0.05) is 6.54 Å². The number of ether oxygens (including phenoxy) is 1. The van der Waals surface area contributed by atoms with E-state index in [1.165, 1.54) is 6.07 Å². The Morgan fingerprint density at radius 2 is 1.83 bits per heavy atom. The first-order chi connectivity index (χ1) is 11.1. The maximum Gasteiger partial charge on any atom is 0.465 e. The molecular formula is C14H12F6N2O2. The van der Waals surface area contributed by atoms with E-state index < -0.39 is 41.5 Å². The van der Waals surface area contributed by atoms with Gasteiger partial charge in [-0.3, -0.25) is 4.79 Å². The van der Waals surface area contributed by atoms with Crippen molar-refractivity contribution in [3.63, 3.8) is 0 Å². The third-order valence-corrected chi connectivity index (χ3v) is 4.10. The fraction of sp³-hybridized carbons (Fsp3) is 0.500. The van der Waals surface area contributed by atoms with Gasteiger partial charge in [-0.2, -0.15) is 26.3 Å². The minimum Gasteiger partial charge on any atom is -0.414 e. The molecule has 2 aliphatic rings. The number of para-hydroxylation sites is 1. The third kappa shape index (κ3) is 2.48. The molecule has 0 aromatic heterocycles. The Balaban J connectivity index is 2.07. The zero-order valence-corrected chi connectivity index (χ0v) is 12.0. The van der Waals surface area contributed by atoms with Gasteiger partial charge in [0.15, 0.2) is 0 Å². The van der Waals surface area contributed by atoms with Crippen molar-refractivity contribution in [1.29, 1.82) is 0 Å². The van der Waals surface area contributed by atoms with Crippen LogP contribution in [0.1, 0.15) is 18.4 Å². The molecule has 1 aromatic rings. The Morgan fingerprint density at radius 1 is 1.17 bits per heavy atom. The zero-order chi connectivity index (χ0) is 17.8. The number of nitrogens with one attached hydrogen (secondary N) is 1. The Bertz CT molecular complexity index is 659. The van der Waals surface area contributed by atoms with Gasteiger partial charge in [0.05, 0.1) is 11.3 Å². The van der Waals surface area contributed by atoms with Gasteiger partial charge in [-0.15, -0.1) is 0 Å². The molecule has 0 amide bonds. The number of benzene rings is 1. The van der Waals surface area contributed by atoms with Crippen LogP contribution in [0.25, 0.3) is 0 Å². The van der Waals surface area contributed by atoms with Gasteiger partial charge in [-0.25, -0.2) is 4.90 Å². The second kappa shape index (κ2) is 5.27. The molecule has 0 saturated carbocycles. The Morgan fingerprint density at radius 3 is 2.46 bits per heavy atom. The molecule has 2 saturated heterocycles. The number of carbonyl (C=O) groups is 1. The summed E-state index contributed by atoms with van der Waals surface area (Å²) < 4.78 is 84.7. The van der Waals surface area contributed by atoms with Crippen molar-refractivity contribution >= 4 is 11.7 Å². The van der Waals surface area contributed by atoms with E-state index in [1.54, 1.807) is 0 Å². The molecule has 132 valence electrons. The highest BCUT2D eigenvalue weighted by atomic mass is 19.4. The molecule has 2 heterocycles. The van der Waals surface area contributed by atoms with Crippen LogP contribution in [-0.2, 0) is 15.7 Å². The summed E-state index contributed by atoms with van der Waals surface area (Å²) in [4.78, 5) is 12.5. The molecule has 1 aromatic carbocycles. The Hall–Kier alpha value is -1.97. The highest BCUT2D eigenvalue weighted by molar-refractivity contribution is 5.79. The number of esters is 1. The summed E-state index contributed by atoms with van der Waals surface area (Å²) in [6.07, 6.45) is -9.50. The van der Waals surface area contributed by atoms with E-state index in [1.807, 2.05) is 5.32 Å². The molecule has 1 N–H and O–H groups in total. The number of nitrogens with zero attached hydrogens (tertiary/aromatic N) is 1. The fourth-order valence-electron chi connectivity index (χ4n) is 3.07. The van der Waals surface area contributed by atoms with Crippen molar-refractivity contribution < 1.29 is 35.9 Å². The first-order valence-electron chi connectivity index (χ1n) is 7.07. The Labute approximate surface area is 132 Å². The highest BCUT2D eigenvalue weighted by Crippen LogP contribution is 2.47. The van der Waals surface area contributed by atoms with Crippen molar-refractivity contribution in [3.05, 3.63) is 29.8 Å². The smallest absolute Gasteiger partial charge is 0.414 e. The summed E-state index contributed by atoms with van der Waals surface area (Å²) in [5.41, 5.74) is -2.07. The topological polar surface area (TPSA) is 41.6 Å². The molecule has 0 spiro atoms. The van der Waals surface area contributed by atoms with Crippen molar-refractivity contribution in [1.82, 2.24) is 4.90 Å². The van der Waals surface area contributed by atoms with Crippen molar-refractivity contribution in [3.8, 4) is 0 Å². The number of hydrogen-bond acceptors (Lipinski definition) is 4. The average Bonchev–Trinajstić information content (AvgIpc) is 3.02. The van der Waals surface area contributed by atoms with Crippen LogP contribution in [0.3, 0.4) is 0 Å². The lowest BCUT2D eigenvalue weighted by atomic mass is 10.1. The van der Waals surface area contributed by atoms with Crippen LogP contribution >= 0.6 is 0 Å². The fourth-order valence-corrected chi connectivity index (χ4v) is 3.07. The summed E-state index contributed by atoms with van der Waals surface area (Å²) >= 11 is 0. The molecular weight excluding hydrogens is 342 g/mol. The molecule has 3 rings (SSSR count). The second-order valence-electron chi connectivity index (χ2n) is 5.58. The van der Waals surface area contributed by atoms with Crippen LogP contribution in [0, 0.1) is 0 Å². The van der Waals surface area contributed by atoms with Crippen LogP contribution < -0.4 is 5.32 Å². The largest absolute Gasteiger partial charge is 0.465 e. The Kier molecular flexibility index (Phi) is 3.70. The number of alkyl halides is 6. The van der Waals surface area contributed by atoms with Crippen LogP contribution in [0.15, 0.2) is 24.3 Å². The van der Waals surface area contributed by atoms with Crippen LogP contribution in [0.4, 0.5) is 32.0 Å². The lowest BCUT2D eigenvalue weighted by Crippen LogP contribution is -2.62. The number of halogens is 6. The van der Waals surface area contributed by atoms with Gasteiger partial charge in [0.2, 0.25) is 0 Å². The molecule has 0 aliphatic carbocycles. The predicted molar refractivity (Wildman–Crippen MR) is 69.7 cm³/mol. The van der Waals surface area contributed by atoms with E-state index in [0.29, 0.717) is 12.5 Å². The number of fused-ring (bicyclic) bond motifs is 1. The van der Waals surface area contributed by atoms with Gasteiger partial charge < -0.3 is 10.1 Å². The molecule has 2 aliphatic heterocycles. The number of hydrogen-bond donors (Lipinski definition) is 1. The predicted octanol–water partition coefficient (Wildman–Crippen LogP) is 3.35. The maximum absolute atomic E-state index is 13.7. The summed E-state index contributed by atoms with van der Waals surface area (Å²) in [6, 6.07) is 2.64. The minimum absolute atomic E-state index is 0.114. The lowest BCUT2D eigenvalue weighted by Gasteiger charge is -2.38. The number of rotatable bonds is 2. The normalized spacial score (nSPS) is 27.9. The summed E-state index contributed by atoms with van der Waals surface area (Å²) in [5, 5.41) is 1.81. The molecule has 4 nitrogen and oxygen atoms in total. The van der Waals surface area contributed by atoms with E-state index in [4.69, 9.17) is 0 Å². The van der Waals surface area contributed by atoms with Gasteiger partial charge in [-0.05, 0) is 25.0 Å². The standard InChI is InChI=1S/C14H12F6N2O2/c15-12(16,17)8-4-1-2-5-9(8)21-14(13(18,19)20)22-7-3-6-10(22)11(23)24-14/h1-2,4-5,10,21H,3,6-7H2/t10-,14?/m1/s1. The van der Waals surface area contributed by atoms with Crippen molar-refractivity contribution in [2.24, 2.45) is 0 Å². The molecule has 0 bridgehead atoms. The lowest BCUT2D eigenvalue weighted by molar-refractivity contribution is -0.286. The van der Waals surface area contributed by atoms with E-state index >= 15 is 0 Å². The summed E-state index contributed by atoms with van der Waals surface area (Å²) in [5.74, 6) is -4.39. The molecule has 0 radical (unpaired) electrons. The van der Waals surface area contributed by atoms with Crippen molar-refractivity contribution in [2.75, 3.05) is 11.9 Å².